The van der Waals surface area contributed by atoms with Gasteiger partial charge in [0.2, 0.25) is 0 Å². The average molecular weight is 137 g/mol. The van der Waals surface area contributed by atoms with Crippen molar-refractivity contribution in [2.75, 3.05) is 0 Å². The SMILES string of the molecule is C=N/C=C(/C)C(=C)C(C)C. The Morgan fingerprint density at radius 2 is 2.00 bits per heavy atom. The number of rotatable bonds is 3. The van der Waals surface area contributed by atoms with E-state index in [0.29, 0.717) is 5.92 Å². The Morgan fingerprint density at radius 3 is 2.30 bits per heavy atom. The van der Waals surface area contributed by atoms with Crippen molar-refractivity contribution in [3.8, 4) is 0 Å². The third-order valence-electron chi connectivity index (χ3n) is 1.49. The Labute approximate surface area is 63.2 Å². The largest absolute Gasteiger partial charge is 0.272 e. The van der Waals surface area contributed by atoms with Gasteiger partial charge < -0.3 is 0 Å². The molecule has 0 bridgehead atoms. The van der Waals surface area contributed by atoms with Gasteiger partial charge in [0.25, 0.3) is 0 Å². The second kappa shape index (κ2) is 4.04. The van der Waals surface area contributed by atoms with E-state index in [1.165, 1.54) is 0 Å². The normalized spacial score (nSPS) is 11.8. The highest BCUT2D eigenvalue weighted by Crippen LogP contribution is 2.15. The summed E-state index contributed by atoms with van der Waals surface area (Å²) in [6.07, 6.45) is 1.74. The molecule has 0 aliphatic carbocycles. The van der Waals surface area contributed by atoms with Crippen LogP contribution in [0.1, 0.15) is 20.8 Å². The molecule has 0 fully saturated rings. The maximum atomic E-state index is 3.92. The summed E-state index contributed by atoms with van der Waals surface area (Å²) in [6.45, 7) is 13.5. The Hall–Kier alpha value is -0.850. The Morgan fingerprint density at radius 1 is 1.50 bits per heavy atom. The molecule has 0 amide bonds. The lowest BCUT2D eigenvalue weighted by Crippen LogP contribution is -1.92. The molecule has 0 N–H and O–H groups in total. The summed E-state index contributed by atoms with van der Waals surface area (Å²) in [5, 5.41) is 0. The van der Waals surface area contributed by atoms with Gasteiger partial charge >= 0.3 is 0 Å². The highest BCUT2D eigenvalue weighted by Gasteiger charge is 2.00. The van der Waals surface area contributed by atoms with Gasteiger partial charge in [-0.05, 0) is 30.7 Å². The van der Waals surface area contributed by atoms with Crippen molar-refractivity contribution in [1.82, 2.24) is 0 Å². The molecule has 0 saturated heterocycles. The van der Waals surface area contributed by atoms with E-state index < -0.39 is 0 Å². The van der Waals surface area contributed by atoms with Crippen LogP contribution < -0.4 is 0 Å². The minimum absolute atomic E-state index is 0.498. The molecule has 10 heavy (non-hydrogen) atoms. The first kappa shape index (κ1) is 9.15. The second-order valence-corrected chi connectivity index (χ2v) is 2.67. The zero-order chi connectivity index (χ0) is 8.15. The van der Waals surface area contributed by atoms with Crippen LogP contribution in [-0.4, -0.2) is 6.72 Å². The monoisotopic (exact) mass is 137 g/mol. The van der Waals surface area contributed by atoms with E-state index in [2.05, 4.69) is 32.1 Å². The van der Waals surface area contributed by atoms with E-state index in [-0.39, 0.29) is 0 Å². The summed E-state index contributed by atoms with van der Waals surface area (Å²) in [5.41, 5.74) is 2.25. The van der Waals surface area contributed by atoms with Gasteiger partial charge in [-0.15, -0.1) is 0 Å². The van der Waals surface area contributed by atoms with Crippen LogP contribution in [0.25, 0.3) is 0 Å². The van der Waals surface area contributed by atoms with Gasteiger partial charge in [0.1, 0.15) is 0 Å². The molecule has 1 heteroatoms. The van der Waals surface area contributed by atoms with Gasteiger partial charge in [-0.3, -0.25) is 4.99 Å². The van der Waals surface area contributed by atoms with Crippen LogP contribution in [0.4, 0.5) is 0 Å². The van der Waals surface area contributed by atoms with E-state index in [0.717, 1.165) is 11.1 Å². The van der Waals surface area contributed by atoms with Gasteiger partial charge in [-0.1, -0.05) is 20.4 Å². The lowest BCUT2D eigenvalue weighted by atomic mass is 9.99. The fraction of sp³-hybridized carbons (Fsp3) is 0.444. The molecular weight excluding hydrogens is 122 g/mol. The molecule has 0 rings (SSSR count). The predicted octanol–water partition coefficient (Wildman–Crippen LogP) is 2.80. The van der Waals surface area contributed by atoms with E-state index in [9.17, 15) is 0 Å². The van der Waals surface area contributed by atoms with Crippen molar-refractivity contribution in [3.63, 3.8) is 0 Å². The lowest BCUT2D eigenvalue weighted by Gasteiger charge is -2.07. The third kappa shape index (κ3) is 2.62. The standard InChI is InChI=1S/C9H15N/c1-7(2)9(4)8(3)6-10-5/h6-7H,4-5H2,1-3H3/b8-6-. The van der Waals surface area contributed by atoms with Crippen molar-refractivity contribution in [2.24, 2.45) is 10.9 Å². The third-order valence-corrected chi connectivity index (χ3v) is 1.49. The van der Waals surface area contributed by atoms with E-state index in [1.54, 1.807) is 6.20 Å². The van der Waals surface area contributed by atoms with Crippen LogP contribution >= 0.6 is 0 Å². The molecule has 56 valence electrons. The quantitative estimate of drug-likeness (QED) is 0.419. The Balaban J connectivity index is 4.21. The summed E-state index contributed by atoms with van der Waals surface area (Å²) in [5.74, 6) is 0.498. The second-order valence-electron chi connectivity index (χ2n) is 2.67. The van der Waals surface area contributed by atoms with Crippen molar-refractivity contribution >= 4 is 6.72 Å². The molecule has 0 aromatic rings. The summed E-state index contributed by atoms with van der Waals surface area (Å²) in [6, 6.07) is 0. The van der Waals surface area contributed by atoms with Crippen LogP contribution in [0.5, 0.6) is 0 Å². The zero-order valence-corrected chi connectivity index (χ0v) is 7.02. The first-order chi connectivity index (χ1) is 4.59. The Bertz CT molecular complexity index is 164. The zero-order valence-electron chi connectivity index (χ0n) is 7.02. The lowest BCUT2D eigenvalue weighted by molar-refractivity contribution is 0.780. The van der Waals surface area contributed by atoms with Gasteiger partial charge in [0.15, 0.2) is 0 Å². The summed E-state index contributed by atoms with van der Waals surface area (Å²) < 4.78 is 0. The fourth-order valence-electron chi connectivity index (χ4n) is 0.675. The summed E-state index contributed by atoms with van der Waals surface area (Å²) >= 11 is 0. The van der Waals surface area contributed by atoms with Crippen molar-refractivity contribution in [3.05, 3.63) is 23.9 Å². The van der Waals surface area contributed by atoms with E-state index >= 15 is 0 Å². The van der Waals surface area contributed by atoms with Crippen molar-refractivity contribution in [1.29, 1.82) is 0 Å². The molecule has 0 aliphatic heterocycles. The van der Waals surface area contributed by atoms with Crippen LogP contribution in [0, 0.1) is 5.92 Å². The topological polar surface area (TPSA) is 12.4 Å². The molecule has 0 radical (unpaired) electrons. The van der Waals surface area contributed by atoms with Crippen LogP contribution in [0.3, 0.4) is 0 Å². The van der Waals surface area contributed by atoms with Gasteiger partial charge in [0.05, 0.1) is 0 Å². The Kier molecular flexibility index (Phi) is 3.70. The van der Waals surface area contributed by atoms with Crippen molar-refractivity contribution < 1.29 is 0 Å². The van der Waals surface area contributed by atoms with Crippen LogP contribution in [0.15, 0.2) is 28.9 Å². The minimum atomic E-state index is 0.498. The molecule has 0 heterocycles. The summed E-state index contributed by atoms with van der Waals surface area (Å²) in [4.78, 5) is 3.67. The van der Waals surface area contributed by atoms with E-state index in [1.807, 2.05) is 6.92 Å². The molecule has 0 spiro atoms. The van der Waals surface area contributed by atoms with E-state index in [4.69, 9.17) is 0 Å². The molecular formula is C9H15N. The van der Waals surface area contributed by atoms with Crippen molar-refractivity contribution in [2.45, 2.75) is 20.8 Å². The van der Waals surface area contributed by atoms with Gasteiger partial charge in [0, 0.05) is 6.20 Å². The number of nitrogens with zero attached hydrogens (tertiary/aromatic N) is 1. The molecule has 0 aromatic carbocycles. The maximum Gasteiger partial charge on any atom is 0.0292 e. The molecule has 0 atom stereocenters. The summed E-state index contributed by atoms with van der Waals surface area (Å²) in [7, 11) is 0. The van der Waals surface area contributed by atoms with Gasteiger partial charge in [-0.2, -0.15) is 0 Å². The van der Waals surface area contributed by atoms with Crippen LogP contribution in [-0.2, 0) is 0 Å². The average Bonchev–Trinajstić information content (AvgIpc) is 1.87. The molecule has 0 saturated carbocycles. The predicted molar refractivity (Wildman–Crippen MR) is 47.3 cm³/mol. The first-order valence-corrected chi connectivity index (χ1v) is 3.41. The fourth-order valence-corrected chi connectivity index (χ4v) is 0.675. The number of allylic oxidation sites excluding steroid dienone is 2. The highest BCUT2D eigenvalue weighted by molar-refractivity contribution is 5.32. The molecule has 1 nitrogen and oxygen atoms in total. The molecule has 0 unspecified atom stereocenters. The molecule has 0 aliphatic rings. The first-order valence-electron chi connectivity index (χ1n) is 3.41. The minimum Gasteiger partial charge on any atom is -0.272 e. The number of aliphatic imine (C=N–C) groups is 1. The molecule has 0 aromatic heterocycles. The maximum absolute atomic E-state index is 3.92. The van der Waals surface area contributed by atoms with Gasteiger partial charge in [-0.25, -0.2) is 0 Å². The van der Waals surface area contributed by atoms with Crippen LogP contribution in [0.2, 0.25) is 0 Å². The highest BCUT2D eigenvalue weighted by atomic mass is 14.6. The smallest absolute Gasteiger partial charge is 0.0292 e. The number of hydrogen-bond donors (Lipinski definition) is 0. The number of hydrogen-bond acceptors (Lipinski definition) is 1.